The van der Waals surface area contributed by atoms with Gasteiger partial charge in [0.1, 0.15) is 0 Å². The van der Waals surface area contributed by atoms with Gasteiger partial charge in [0.05, 0.1) is 18.6 Å². The standard InChI is InChI=1S/C14H26N2O4/c1-4-20-13(18)6-5-12(17)16-9-7-15(8-10-16)11-14(2,3)19/h19H,4-11H2,1-3H3. The monoisotopic (exact) mass is 286 g/mol. The summed E-state index contributed by atoms with van der Waals surface area (Å²) >= 11 is 0. The molecule has 0 aromatic carbocycles. The molecule has 0 aromatic rings. The van der Waals surface area contributed by atoms with Gasteiger partial charge >= 0.3 is 5.97 Å². The van der Waals surface area contributed by atoms with Gasteiger partial charge in [-0.2, -0.15) is 0 Å². The number of hydrogen-bond donors (Lipinski definition) is 1. The highest BCUT2D eigenvalue weighted by Gasteiger charge is 2.25. The van der Waals surface area contributed by atoms with E-state index in [1.165, 1.54) is 0 Å². The molecule has 6 nitrogen and oxygen atoms in total. The van der Waals surface area contributed by atoms with Crippen LogP contribution < -0.4 is 0 Å². The fourth-order valence-electron chi connectivity index (χ4n) is 2.30. The quantitative estimate of drug-likeness (QED) is 0.709. The number of ether oxygens (including phenoxy) is 1. The number of aliphatic hydroxyl groups is 1. The molecule has 0 atom stereocenters. The van der Waals surface area contributed by atoms with Crippen LogP contribution in [0.5, 0.6) is 0 Å². The van der Waals surface area contributed by atoms with Crippen molar-refractivity contribution in [1.29, 1.82) is 0 Å². The predicted octanol–water partition coefficient (Wildman–Crippen LogP) is 0.245. The van der Waals surface area contributed by atoms with Crippen molar-refractivity contribution in [3.63, 3.8) is 0 Å². The highest BCUT2D eigenvalue weighted by atomic mass is 16.5. The van der Waals surface area contributed by atoms with E-state index in [1.54, 1.807) is 25.7 Å². The minimum Gasteiger partial charge on any atom is -0.466 e. The molecule has 1 aliphatic rings. The van der Waals surface area contributed by atoms with Crippen LogP contribution in [-0.2, 0) is 14.3 Å². The smallest absolute Gasteiger partial charge is 0.306 e. The third kappa shape index (κ3) is 6.34. The lowest BCUT2D eigenvalue weighted by Crippen LogP contribution is -2.52. The Kier molecular flexibility index (Phi) is 6.42. The zero-order valence-corrected chi connectivity index (χ0v) is 12.7. The minimum atomic E-state index is -0.712. The van der Waals surface area contributed by atoms with Gasteiger partial charge in [-0.15, -0.1) is 0 Å². The van der Waals surface area contributed by atoms with E-state index in [2.05, 4.69) is 4.90 Å². The van der Waals surface area contributed by atoms with Gasteiger partial charge in [-0.3, -0.25) is 14.5 Å². The predicted molar refractivity (Wildman–Crippen MR) is 75.2 cm³/mol. The lowest BCUT2D eigenvalue weighted by Gasteiger charge is -2.37. The maximum Gasteiger partial charge on any atom is 0.306 e. The van der Waals surface area contributed by atoms with Crippen LogP contribution in [0.3, 0.4) is 0 Å². The first kappa shape index (κ1) is 16.9. The second-order valence-corrected chi connectivity index (χ2v) is 5.77. The van der Waals surface area contributed by atoms with E-state index in [1.807, 2.05) is 0 Å². The lowest BCUT2D eigenvalue weighted by molar-refractivity contribution is -0.146. The highest BCUT2D eigenvalue weighted by molar-refractivity contribution is 5.81. The van der Waals surface area contributed by atoms with Gasteiger partial charge < -0.3 is 14.7 Å². The zero-order chi connectivity index (χ0) is 15.2. The molecule has 116 valence electrons. The Morgan fingerprint density at radius 1 is 1.15 bits per heavy atom. The van der Waals surface area contributed by atoms with Crippen molar-refractivity contribution in [2.75, 3.05) is 39.3 Å². The summed E-state index contributed by atoms with van der Waals surface area (Å²) in [5.41, 5.74) is -0.712. The van der Waals surface area contributed by atoms with Gasteiger partial charge in [0.2, 0.25) is 5.91 Å². The maximum absolute atomic E-state index is 11.9. The first-order valence-corrected chi connectivity index (χ1v) is 7.20. The van der Waals surface area contributed by atoms with E-state index in [9.17, 15) is 14.7 Å². The van der Waals surface area contributed by atoms with Crippen LogP contribution in [0.25, 0.3) is 0 Å². The second-order valence-electron chi connectivity index (χ2n) is 5.77. The van der Waals surface area contributed by atoms with E-state index < -0.39 is 5.60 Å². The van der Waals surface area contributed by atoms with Crippen LogP contribution in [0, 0.1) is 0 Å². The molecule has 0 unspecified atom stereocenters. The molecule has 1 saturated heterocycles. The number of esters is 1. The Balaban J connectivity index is 2.27. The number of piperazine rings is 1. The number of rotatable bonds is 6. The molecular weight excluding hydrogens is 260 g/mol. The number of nitrogens with zero attached hydrogens (tertiary/aromatic N) is 2. The van der Waals surface area contributed by atoms with E-state index in [4.69, 9.17) is 4.74 Å². The Morgan fingerprint density at radius 2 is 1.75 bits per heavy atom. The largest absolute Gasteiger partial charge is 0.466 e. The molecule has 1 amide bonds. The molecule has 1 N–H and O–H groups in total. The Hall–Kier alpha value is -1.14. The van der Waals surface area contributed by atoms with Gasteiger partial charge in [0, 0.05) is 39.1 Å². The van der Waals surface area contributed by atoms with Crippen molar-refractivity contribution in [2.45, 2.75) is 39.2 Å². The van der Waals surface area contributed by atoms with Crippen LogP contribution in [-0.4, -0.2) is 71.7 Å². The van der Waals surface area contributed by atoms with Crippen molar-refractivity contribution in [3.8, 4) is 0 Å². The molecule has 0 radical (unpaired) electrons. The van der Waals surface area contributed by atoms with Gasteiger partial charge in [-0.05, 0) is 20.8 Å². The summed E-state index contributed by atoms with van der Waals surface area (Å²) < 4.78 is 4.81. The SMILES string of the molecule is CCOC(=O)CCC(=O)N1CCN(CC(C)(C)O)CC1. The fourth-order valence-corrected chi connectivity index (χ4v) is 2.30. The van der Waals surface area contributed by atoms with E-state index in [0.29, 0.717) is 26.2 Å². The molecule has 0 aromatic heterocycles. The summed E-state index contributed by atoms with van der Waals surface area (Å²) in [5, 5.41) is 9.77. The summed E-state index contributed by atoms with van der Waals surface area (Å²) in [4.78, 5) is 27.1. The summed E-state index contributed by atoms with van der Waals surface area (Å²) in [6.07, 6.45) is 0.362. The fraction of sp³-hybridized carbons (Fsp3) is 0.857. The van der Waals surface area contributed by atoms with Crippen LogP contribution in [0.1, 0.15) is 33.6 Å². The van der Waals surface area contributed by atoms with Crippen molar-refractivity contribution in [2.24, 2.45) is 0 Å². The van der Waals surface area contributed by atoms with Crippen molar-refractivity contribution < 1.29 is 19.4 Å². The first-order chi connectivity index (χ1) is 9.31. The molecule has 1 fully saturated rings. The molecule has 6 heteroatoms. The summed E-state index contributed by atoms with van der Waals surface area (Å²) in [6.45, 7) is 9.09. The van der Waals surface area contributed by atoms with E-state index in [0.717, 1.165) is 13.1 Å². The molecule has 0 saturated carbocycles. The highest BCUT2D eigenvalue weighted by Crippen LogP contribution is 2.10. The Bertz CT molecular complexity index is 331. The number of hydrogen-bond acceptors (Lipinski definition) is 5. The molecule has 20 heavy (non-hydrogen) atoms. The topological polar surface area (TPSA) is 70.1 Å². The molecule has 0 bridgehead atoms. The van der Waals surface area contributed by atoms with Gasteiger partial charge in [0.25, 0.3) is 0 Å². The van der Waals surface area contributed by atoms with Crippen molar-refractivity contribution in [3.05, 3.63) is 0 Å². The molecular formula is C14H26N2O4. The number of carbonyl (C=O) groups is 2. The van der Waals surface area contributed by atoms with E-state index in [-0.39, 0.29) is 24.7 Å². The number of β-amino-alcohol motifs (C(OH)–C–C–N with tert-alkyl or cyclic N) is 1. The van der Waals surface area contributed by atoms with Gasteiger partial charge in [-0.1, -0.05) is 0 Å². The first-order valence-electron chi connectivity index (χ1n) is 7.20. The van der Waals surface area contributed by atoms with Crippen molar-refractivity contribution in [1.82, 2.24) is 9.80 Å². The third-order valence-corrected chi connectivity index (χ3v) is 3.18. The van der Waals surface area contributed by atoms with Crippen LogP contribution in [0.4, 0.5) is 0 Å². The van der Waals surface area contributed by atoms with Crippen LogP contribution >= 0.6 is 0 Å². The number of carbonyl (C=O) groups excluding carboxylic acids is 2. The molecule has 0 spiro atoms. The zero-order valence-electron chi connectivity index (χ0n) is 12.7. The summed E-state index contributed by atoms with van der Waals surface area (Å²) in [7, 11) is 0. The normalized spacial score (nSPS) is 17.1. The molecule has 0 aliphatic carbocycles. The maximum atomic E-state index is 11.9. The second kappa shape index (κ2) is 7.59. The van der Waals surface area contributed by atoms with Gasteiger partial charge in [-0.25, -0.2) is 0 Å². The molecule has 1 aliphatic heterocycles. The minimum absolute atomic E-state index is 0.000890. The average molecular weight is 286 g/mol. The average Bonchev–Trinajstić information content (AvgIpc) is 2.35. The lowest BCUT2D eigenvalue weighted by atomic mass is 10.1. The molecule has 1 rings (SSSR count). The molecule has 1 heterocycles. The van der Waals surface area contributed by atoms with Crippen molar-refractivity contribution >= 4 is 11.9 Å². The summed E-state index contributed by atoms with van der Waals surface area (Å²) in [6, 6.07) is 0. The third-order valence-electron chi connectivity index (χ3n) is 3.18. The Labute approximate surface area is 120 Å². The number of amides is 1. The Morgan fingerprint density at radius 3 is 2.25 bits per heavy atom. The van der Waals surface area contributed by atoms with E-state index >= 15 is 0 Å². The summed E-state index contributed by atoms with van der Waals surface area (Å²) in [5.74, 6) is -0.317. The van der Waals surface area contributed by atoms with Crippen LogP contribution in [0.15, 0.2) is 0 Å². The van der Waals surface area contributed by atoms with Crippen LogP contribution in [0.2, 0.25) is 0 Å². The van der Waals surface area contributed by atoms with Gasteiger partial charge in [0.15, 0.2) is 0 Å².